The van der Waals surface area contributed by atoms with E-state index in [4.69, 9.17) is 56.8 Å². The zero-order valence-corrected chi connectivity index (χ0v) is 63.4. The van der Waals surface area contributed by atoms with Gasteiger partial charge in [-0.3, -0.25) is 24.0 Å². The fraction of sp³-hybridized carbons (Fsp3) is 0.859. The Morgan fingerprint density at radius 1 is 0.397 bits per heavy atom. The molecule has 5 amide bonds. The van der Waals surface area contributed by atoms with Crippen LogP contribution in [0, 0.1) is 0 Å². The van der Waals surface area contributed by atoms with Gasteiger partial charge in [0.2, 0.25) is 29.5 Å². The van der Waals surface area contributed by atoms with E-state index >= 15 is 0 Å². The van der Waals surface area contributed by atoms with Gasteiger partial charge in [0.15, 0.2) is 12.6 Å². The van der Waals surface area contributed by atoms with E-state index in [2.05, 4.69) is 5.32 Å². The molecule has 0 spiro atoms. The summed E-state index contributed by atoms with van der Waals surface area (Å²) in [5.41, 5.74) is 0. The predicted octanol–water partition coefficient (Wildman–Crippen LogP) is -23.2. The third kappa shape index (κ3) is 23.7. The number of aliphatic hydroxyl groups excluding tert-OH is 27. The molecule has 698 valence electrons. The topological polar surface area (TPSA) is 952 Å². The van der Waals surface area contributed by atoms with Gasteiger partial charge >= 0.3 is 23.9 Å². The summed E-state index contributed by atoms with van der Waals surface area (Å²) in [6.07, 6.45) is -77.8. The second-order valence-electron chi connectivity index (χ2n) is 28.8. The summed E-state index contributed by atoms with van der Waals surface area (Å²) in [5.74, 6) is -31.4. The van der Waals surface area contributed by atoms with E-state index in [-0.39, 0.29) is 0 Å². The molecule has 57 heteroatoms. The number of aliphatic carboxylic acids is 4. The summed E-state index contributed by atoms with van der Waals surface area (Å²) in [4.78, 5) is 118. The number of ether oxygens (including phenoxy) is 12. The number of carbonyl (C=O) groups is 9. The predicted molar refractivity (Wildman–Crippen MR) is 366 cm³/mol. The van der Waals surface area contributed by atoms with Crippen LogP contribution < -0.4 is 26.6 Å². The molecule has 0 aliphatic carbocycles. The Balaban J connectivity index is 1.33. The smallest absolute Gasteiger partial charge is 0.364 e. The van der Waals surface area contributed by atoms with Crippen LogP contribution in [-0.4, -0.2) is 522 Å². The summed E-state index contributed by atoms with van der Waals surface area (Å²) in [5, 5.41) is 347. The van der Waals surface area contributed by atoms with Gasteiger partial charge in [0.1, 0.15) is 167 Å². The van der Waals surface area contributed by atoms with Crippen LogP contribution in [0.15, 0.2) is 0 Å². The van der Waals surface area contributed by atoms with Crippen molar-refractivity contribution in [1.82, 2.24) is 26.6 Å². The quantitative estimate of drug-likeness (QED) is 0.0269. The third-order valence-electron chi connectivity index (χ3n) is 20.6. The monoisotopic (exact) mass is 1780 g/mol. The maximum atomic E-state index is 13.8. The molecule has 0 unspecified atom stereocenters. The summed E-state index contributed by atoms with van der Waals surface area (Å²) in [7, 11) is 0. The Morgan fingerprint density at radius 3 is 1.04 bits per heavy atom. The molecular formula is C64H105N5O52. The van der Waals surface area contributed by atoms with Crippen LogP contribution in [0.25, 0.3) is 0 Å². The van der Waals surface area contributed by atoms with Crippen molar-refractivity contribution in [3.05, 3.63) is 0 Å². The highest BCUT2D eigenvalue weighted by molar-refractivity contribution is 5.81. The maximum Gasteiger partial charge on any atom is 0.364 e. The molecular weight excluding hydrogens is 1670 g/mol. The first kappa shape index (κ1) is 103. The first-order chi connectivity index (χ1) is 56.7. The number of hydrogen-bond acceptors (Lipinski definition) is 48. The first-order valence-corrected chi connectivity index (χ1v) is 36.7. The van der Waals surface area contributed by atoms with Gasteiger partial charge in [0, 0.05) is 32.6 Å². The standard InChI is InChI=1S/C64H105N5O52/c1-18(81)65-19(6-70)49(113-56-48(101)46(99)50(30(12-76)112-56)114-55-47(100)45(98)41(94)26(8-72)111-55)40(93)25(87)17-110-61(57(102)103)2-20(82)36(67-32(89)14-78)52(118-61)42(95)27(9-73)116-63(59(106)107)4-22(84)38(69-34(91)16-80)54(120-63)44(97)29(11-75)117-64(60(108)109)5-23(85)37(68-33(90)15-79)53(121-64)43(96)28(10-74)115-62(58(104)105)3-21(83)35(66-31(88)13-77)51(119-62)39(92)24(86)7-71/h19-30,35-56,70-80,82-87,92-101H,2-17H2,1H3,(H,65,81)(H,66,88)(H,67,89)(H,68,90)(H,69,91)(H,102,103)(H,104,105)(H,106,107)(H,108,109)/t19-,20-,21-,22-,23-,24+,25+,26+,27+,28+,29+,30+,35+,36+,37+,38+,39+,40-,41-,42+,43+,44+,45-,46+,47+,48+,49+,50-,51+,52+,53+,54+,55-,56-,61+,62+,63+,64+/m0/s1. The number of rotatable bonds is 44. The number of carbonyl (C=O) groups excluding carboxylic acids is 5. The van der Waals surface area contributed by atoms with E-state index in [9.17, 15) is 201 Å². The van der Waals surface area contributed by atoms with Crippen molar-refractivity contribution in [1.29, 1.82) is 0 Å². The molecule has 0 aromatic rings. The van der Waals surface area contributed by atoms with Crippen molar-refractivity contribution < 1.29 is 258 Å². The van der Waals surface area contributed by atoms with E-state index in [1.165, 1.54) is 0 Å². The van der Waals surface area contributed by atoms with Crippen LogP contribution in [-0.2, 0) is 100.0 Å². The second kappa shape index (κ2) is 44.7. The molecule has 0 bridgehead atoms. The van der Waals surface area contributed by atoms with E-state index in [1.807, 2.05) is 21.3 Å². The minimum atomic E-state index is -3.84. The van der Waals surface area contributed by atoms with Crippen LogP contribution >= 0.6 is 0 Å². The molecule has 36 N–H and O–H groups in total. The minimum absolute atomic E-state index is 0.850. The fourth-order valence-corrected chi connectivity index (χ4v) is 14.3. The van der Waals surface area contributed by atoms with Crippen molar-refractivity contribution in [3.63, 3.8) is 0 Å². The lowest BCUT2D eigenvalue weighted by Crippen LogP contribution is -2.72. The average molecular weight is 1780 g/mol. The average Bonchev–Trinajstić information content (AvgIpc) is 0.754. The van der Waals surface area contributed by atoms with Gasteiger partial charge < -0.3 is 242 Å². The normalized spacial score (nSPS) is 37.7. The Labute approximate surface area is 679 Å². The molecule has 6 rings (SSSR count). The largest absolute Gasteiger partial charge is 0.477 e. The molecule has 0 saturated carbocycles. The van der Waals surface area contributed by atoms with Gasteiger partial charge in [-0.05, 0) is 0 Å². The maximum absolute atomic E-state index is 13.8. The number of amides is 5. The fourth-order valence-electron chi connectivity index (χ4n) is 14.3. The van der Waals surface area contributed by atoms with Crippen molar-refractivity contribution in [2.45, 2.75) is 263 Å². The van der Waals surface area contributed by atoms with Crippen LogP contribution in [0.4, 0.5) is 0 Å². The number of carboxylic acids is 4. The highest BCUT2D eigenvalue weighted by Gasteiger charge is 2.65. The highest BCUT2D eigenvalue weighted by Crippen LogP contribution is 2.43. The Hall–Kier alpha value is -6.33. The molecule has 0 aromatic carbocycles. The van der Waals surface area contributed by atoms with Gasteiger partial charge in [-0.25, -0.2) is 19.2 Å². The SMILES string of the molecule is CC(=O)N[C@@H](CO)[C@@H](O[C@@H]1O[C@H](CO)[C@H](O[C@@H]2O[C@H](CO)[C@H](O)[C@H](O)[C@H]2O)[C@H](O)[C@H]1O)[C@@H](O)[C@H](O)CO[C@]1(C(=O)O)C[C@H](O)[C@@H](NC(=O)CO)[C@H]([C@H](O)[C@@H](CO)O[C@]2(C(=O)O)C[C@H](O)[C@@H](NC(=O)CO)[C@H]([C@H](O)[C@@H](CO)O[C@]3(C(=O)O)C[C@H](O)[C@@H](NC(=O)CO)[C@H]([C@H](O)[C@@H](CO)O[C@]4(C(=O)O)C[C@H](O)[C@@H](NC(=O)CO)[C@H]([C@H](O)[C@H](O)CO)O4)O3)O2)O1. The second-order valence-corrected chi connectivity index (χ2v) is 28.8. The Kier molecular flexibility index (Phi) is 38.2. The molecule has 57 nitrogen and oxygen atoms in total. The lowest BCUT2D eigenvalue weighted by molar-refractivity contribution is -0.366. The molecule has 38 atom stereocenters. The zero-order valence-electron chi connectivity index (χ0n) is 63.4. The highest BCUT2D eigenvalue weighted by atomic mass is 16.8. The Morgan fingerprint density at radius 2 is 0.727 bits per heavy atom. The number of hydrogen-bond donors (Lipinski definition) is 36. The summed E-state index contributed by atoms with van der Waals surface area (Å²) < 4.78 is 67.0. The summed E-state index contributed by atoms with van der Waals surface area (Å²) in [6.45, 7) is -16.7. The van der Waals surface area contributed by atoms with Gasteiger partial charge in [-0.1, -0.05) is 0 Å². The third-order valence-corrected chi connectivity index (χ3v) is 20.6. The van der Waals surface area contributed by atoms with Gasteiger partial charge in [-0.2, -0.15) is 0 Å². The number of nitrogens with one attached hydrogen (secondary N) is 5. The molecule has 0 radical (unpaired) electrons. The zero-order chi connectivity index (χ0) is 91.2. The molecule has 6 aliphatic rings. The van der Waals surface area contributed by atoms with Crippen LogP contribution in [0.5, 0.6) is 0 Å². The molecule has 6 saturated heterocycles. The van der Waals surface area contributed by atoms with E-state index in [1.54, 1.807) is 0 Å². The van der Waals surface area contributed by atoms with Crippen molar-refractivity contribution in [2.75, 3.05) is 79.3 Å². The van der Waals surface area contributed by atoms with Crippen LogP contribution in [0.2, 0.25) is 0 Å². The van der Waals surface area contributed by atoms with Crippen LogP contribution in [0.1, 0.15) is 32.6 Å². The number of carboxylic acid groups (broad SMARTS) is 4. The molecule has 6 aliphatic heterocycles. The first-order valence-electron chi connectivity index (χ1n) is 36.7. The summed E-state index contributed by atoms with van der Waals surface area (Å²) >= 11 is 0. The van der Waals surface area contributed by atoms with Crippen molar-refractivity contribution in [2.24, 2.45) is 0 Å². The molecule has 121 heavy (non-hydrogen) atoms. The van der Waals surface area contributed by atoms with Gasteiger partial charge in [0.25, 0.3) is 23.1 Å². The van der Waals surface area contributed by atoms with Crippen molar-refractivity contribution in [3.8, 4) is 0 Å². The Bertz CT molecular complexity index is 3400. The summed E-state index contributed by atoms with van der Waals surface area (Å²) in [6, 6.07) is -11.0. The lowest BCUT2D eigenvalue weighted by atomic mass is 9.86. The van der Waals surface area contributed by atoms with Crippen LogP contribution in [0.3, 0.4) is 0 Å². The van der Waals surface area contributed by atoms with E-state index in [0.29, 0.717) is 0 Å². The molecule has 0 aromatic heterocycles. The minimum Gasteiger partial charge on any atom is -0.477 e. The van der Waals surface area contributed by atoms with E-state index in [0.717, 1.165) is 6.92 Å². The van der Waals surface area contributed by atoms with E-state index < -0.39 is 389 Å². The van der Waals surface area contributed by atoms with Gasteiger partial charge in [0.05, 0.1) is 107 Å². The van der Waals surface area contributed by atoms with Crippen molar-refractivity contribution >= 4 is 53.4 Å². The molecule has 6 heterocycles. The lowest BCUT2D eigenvalue weighted by Gasteiger charge is -2.51. The van der Waals surface area contributed by atoms with Gasteiger partial charge in [-0.15, -0.1) is 0 Å². The number of aliphatic hydroxyl groups is 27. The molecule has 6 fully saturated rings.